The maximum Gasteiger partial charge on any atom is 0.416 e. The van der Waals surface area contributed by atoms with Crippen molar-refractivity contribution in [3.63, 3.8) is 0 Å². The Morgan fingerprint density at radius 1 is 1.03 bits per heavy atom. The third kappa shape index (κ3) is 5.65. The van der Waals surface area contributed by atoms with Crippen molar-refractivity contribution in [1.82, 2.24) is 10.3 Å². The molecule has 0 saturated carbocycles. The number of hydrogen-bond donors (Lipinski definition) is 2. The van der Waals surface area contributed by atoms with Gasteiger partial charge in [0.1, 0.15) is 5.82 Å². The molecule has 2 atom stereocenters. The Hall–Kier alpha value is -2.48. The van der Waals surface area contributed by atoms with Crippen LogP contribution in [0.1, 0.15) is 35.7 Å². The van der Waals surface area contributed by atoms with Crippen molar-refractivity contribution in [2.45, 2.75) is 37.6 Å². The van der Waals surface area contributed by atoms with Crippen LogP contribution in [-0.4, -0.2) is 22.7 Å². The summed E-state index contributed by atoms with van der Waals surface area (Å²) in [4.78, 5) is 4.37. The molecule has 32 heavy (non-hydrogen) atoms. The number of aromatic nitrogens is 1. The predicted octanol–water partition coefficient (Wildman–Crippen LogP) is 5.74. The SMILES string of the molecule is CCC(O)CN[C@@](Cc1ccccc1)(c1cc(F)cc(C(F)(F)F)c1)c1ccc(Cl)cn1. The van der Waals surface area contributed by atoms with Gasteiger partial charge in [-0.2, -0.15) is 13.2 Å². The third-order valence-corrected chi connectivity index (χ3v) is 5.53. The normalized spacial score (nSPS) is 14.7. The third-order valence-electron chi connectivity index (χ3n) is 5.31. The highest BCUT2D eigenvalue weighted by Crippen LogP contribution is 2.37. The molecule has 3 aromatic rings. The molecule has 0 fully saturated rings. The Labute approximate surface area is 189 Å². The number of nitrogens with one attached hydrogen (secondary N) is 1. The van der Waals surface area contributed by atoms with E-state index in [2.05, 4.69) is 10.3 Å². The quantitative estimate of drug-likeness (QED) is 0.416. The zero-order chi connectivity index (χ0) is 23.4. The van der Waals surface area contributed by atoms with Crippen LogP contribution in [0.4, 0.5) is 17.6 Å². The van der Waals surface area contributed by atoms with Gasteiger partial charge in [-0.25, -0.2) is 4.39 Å². The number of aliphatic hydroxyl groups is 1. The number of aliphatic hydroxyl groups excluding tert-OH is 1. The Balaban J connectivity index is 2.26. The van der Waals surface area contributed by atoms with E-state index >= 15 is 0 Å². The van der Waals surface area contributed by atoms with Gasteiger partial charge in [0.25, 0.3) is 0 Å². The van der Waals surface area contributed by atoms with Gasteiger partial charge >= 0.3 is 6.18 Å². The van der Waals surface area contributed by atoms with Crippen LogP contribution in [0, 0.1) is 5.82 Å². The molecule has 3 rings (SSSR count). The topological polar surface area (TPSA) is 45.1 Å². The van der Waals surface area contributed by atoms with Gasteiger partial charge in [-0.3, -0.25) is 10.3 Å². The Morgan fingerprint density at radius 3 is 2.31 bits per heavy atom. The van der Waals surface area contributed by atoms with Crippen LogP contribution in [0.25, 0.3) is 0 Å². The number of halogens is 5. The van der Waals surface area contributed by atoms with Crippen molar-refractivity contribution in [3.8, 4) is 0 Å². The monoisotopic (exact) mass is 466 g/mol. The van der Waals surface area contributed by atoms with E-state index < -0.39 is 29.2 Å². The summed E-state index contributed by atoms with van der Waals surface area (Å²) in [7, 11) is 0. The molecule has 2 N–H and O–H groups in total. The molecule has 0 amide bonds. The zero-order valence-corrected chi connectivity index (χ0v) is 18.1. The van der Waals surface area contributed by atoms with Crippen LogP contribution in [0.2, 0.25) is 5.02 Å². The van der Waals surface area contributed by atoms with Crippen LogP contribution in [0.3, 0.4) is 0 Å². The van der Waals surface area contributed by atoms with Gasteiger partial charge in [0.05, 0.1) is 27.9 Å². The van der Waals surface area contributed by atoms with Gasteiger partial charge < -0.3 is 5.11 Å². The first-order chi connectivity index (χ1) is 15.1. The van der Waals surface area contributed by atoms with Crippen molar-refractivity contribution in [2.75, 3.05) is 6.54 Å². The molecule has 0 spiro atoms. The molecule has 2 aromatic carbocycles. The summed E-state index contributed by atoms with van der Waals surface area (Å²) in [5, 5.41) is 13.8. The summed E-state index contributed by atoms with van der Waals surface area (Å²) in [6, 6.07) is 14.7. The highest BCUT2D eigenvalue weighted by molar-refractivity contribution is 6.30. The van der Waals surface area contributed by atoms with Crippen LogP contribution in [-0.2, 0) is 18.1 Å². The van der Waals surface area contributed by atoms with Crippen molar-refractivity contribution in [1.29, 1.82) is 0 Å². The van der Waals surface area contributed by atoms with Crippen LogP contribution in [0.5, 0.6) is 0 Å². The minimum Gasteiger partial charge on any atom is -0.392 e. The molecule has 0 aliphatic heterocycles. The molecule has 1 aromatic heterocycles. The van der Waals surface area contributed by atoms with E-state index in [1.807, 2.05) is 30.3 Å². The molecular formula is C24H23ClF4N2O. The fourth-order valence-electron chi connectivity index (χ4n) is 3.56. The molecule has 1 heterocycles. The van der Waals surface area contributed by atoms with E-state index in [4.69, 9.17) is 11.6 Å². The lowest BCUT2D eigenvalue weighted by Crippen LogP contribution is -2.49. The molecule has 0 radical (unpaired) electrons. The number of rotatable bonds is 8. The molecule has 170 valence electrons. The fourth-order valence-corrected chi connectivity index (χ4v) is 3.67. The minimum atomic E-state index is -4.73. The lowest BCUT2D eigenvalue weighted by molar-refractivity contribution is -0.137. The Bertz CT molecular complexity index is 1030. The first kappa shape index (κ1) is 24.2. The molecule has 8 heteroatoms. The maximum absolute atomic E-state index is 14.5. The van der Waals surface area contributed by atoms with Crippen molar-refractivity contribution >= 4 is 11.6 Å². The first-order valence-corrected chi connectivity index (χ1v) is 10.5. The highest BCUT2D eigenvalue weighted by Gasteiger charge is 2.39. The molecule has 0 aliphatic rings. The second-order valence-corrected chi connectivity index (χ2v) is 8.04. The van der Waals surface area contributed by atoms with Crippen LogP contribution >= 0.6 is 11.6 Å². The van der Waals surface area contributed by atoms with E-state index in [9.17, 15) is 22.7 Å². The van der Waals surface area contributed by atoms with E-state index in [1.54, 1.807) is 19.1 Å². The zero-order valence-electron chi connectivity index (χ0n) is 17.3. The second-order valence-electron chi connectivity index (χ2n) is 7.60. The van der Waals surface area contributed by atoms with Crippen molar-refractivity contribution < 1.29 is 22.7 Å². The lowest BCUT2D eigenvalue weighted by atomic mass is 9.79. The van der Waals surface area contributed by atoms with E-state index in [1.165, 1.54) is 6.20 Å². The fraction of sp³-hybridized carbons (Fsp3) is 0.292. The van der Waals surface area contributed by atoms with Crippen molar-refractivity contribution in [2.24, 2.45) is 0 Å². The van der Waals surface area contributed by atoms with Crippen LogP contribution < -0.4 is 5.32 Å². The summed E-state index contributed by atoms with van der Waals surface area (Å²) in [6.07, 6.45) is -3.50. The summed E-state index contributed by atoms with van der Waals surface area (Å²) >= 11 is 6.00. The smallest absolute Gasteiger partial charge is 0.392 e. The summed E-state index contributed by atoms with van der Waals surface area (Å²) in [5.74, 6) is -1.01. The van der Waals surface area contributed by atoms with Gasteiger partial charge in [-0.05, 0) is 47.9 Å². The molecule has 0 bridgehead atoms. The highest BCUT2D eigenvalue weighted by atomic mass is 35.5. The largest absolute Gasteiger partial charge is 0.416 e. The maximum atomic E-state index is 14.5. The van der Waals surface area contributed by atoms with Crippen molar-refractivity contribution in [3.05, 3.63) is 100 Å². The molecule has 0 aliphatic carbocycles. The Morgan fingerprint density at radius 2 is 1.72 bits per heavy atom. The van der Waals surface area contributed by atoms with Gasteiger partial charge in [0, 0.05) is 19.2 Å². The van der Waals surface area contributed by atoms with E-state index in [0.29, 0.717) is 23.2 Å². The number of nitrogens with zero attached hydrogens (tertiary/aromatic N) is 1. The predicted molar refractivity (Wildman–Crippen MR) is 116 cm³/mol. The summed E-state index contributed by atoms with van der Waals surface area (Å²) in [6.45, 7) is 1.85. The first-order valence-electron chi connectivity index (χ1n) is 10.1. The summed E-state index contributed by atoms with van der Waals surface area (Å²) in [5.41, 5.74) is -1.26. The molecule has 0 saturated heterocycles. The Kier molecular flexibility index (Phi) is 7.54. The average molecular weight is 467 g/mol. The van der Waals surface area contributed by atoms with Gasteiger partial charge in [0.2, 0.25) is 0 Å². The standard InChI is InChI=1S/C24H23ClF4N2O/c1-2-21(32)15-31-23(13-16-6-4-3-5-7-16,22-9-8-19(25)14-30-22)17-10-18(24(27,28)29)12-20(26)11-17/h3-12,14,21,31-32H,2,13,15H2,1H3/t21?,23-/m0/s1. The number of pyridine rings is 1. The number of benzene rings is 2. The molecular weight excluding hydrogens is 444 g/mol. The van der Waals surface area contributed by atoms with Gasteiger partial charge in [-0.15, -0.1) is 0 Å². The van der Waals surface area contributed by atoms with Gasteiger partial charge in [-0.1, -0.05) is 48.9 Å². The second kappa shape index (κ2) is 9.98. The molecule has 3 nitrogen and oxygen atoms in total. The summed E-state index contributed by atoms with van der Waals surface area (Å²) < 4.78 is 55.0. The average Bonchev–Trinajstić information content (AvgIpc) is 2.76. The lowest BCUT2D eigenvalue weighted by Gasteiger charge is -2.37. The van der Waals surface area contributed by atoms with Crippen LogP contribution in [0.15, 0.2) is 66.9 Å². The van der Waals surface area contributed by atoms with E-state index in [0.717, 1.165) is 17.7 Å². The minimum absolute atomic E-state index is 0.0480. The number of hydrogen-bond acceptors (Lipinski definition) is 3. The molecule has 1 unspecified atom stereocenters. The number of alkyl halides is 3. The van der Waals surface area contributed by atoms with E-state index in [-0.39, 0.29) is 18.5 Å². The van der Waals surface area contributed by atoms with Gasteiger partial charge in [0.15, 0.2) is 0 Å².